The lowest BCUT2D eigenvalue weighted by Gasteiger charge is -2.55. The van der Waals surface area contributed by atoms with Crippen molar-refractivity contribution in [3.05, 3.63) is 40.7 Å². The fraction of sp³-hybridized carbons (Fsp3) is 0.591. The summed E-state index contributed by atoms with van der Waals surface area (Å²) in [7, 11) is 0. The van der Waals surface area contributed by atoms with Crippen molar-refractivity contribution in [1.82, 2.24) is 9.80 Å². The van der Waals surface area contributed by atoms with E-state index in [2.05, 4.69) is 21.2 Å². The molecule has 0 radical (unpaired) electrons. The first-order valence-electron chi connectivity index (χ1n) is 10.6. The Hall–Kier alpha value is -1.17. The van der Waals surface area contributed by atoms with Crippen molar-refractivity contribution in [2.24, 2.45) is 11.8 Å². The van der Waals surface area contributed by atoms with Crippen molar-refractivity contribution < 1.29 is 4.39 Å². The summed E-state index contributed by atoms with van der Waals surface area (Å²) in [6, 6.07) is 5.87. The Morgan fingerprint density at radius 1 is 1.21 bits per heavy atom. The first kappa shape index (κ1) is 18.8. The van der Waals surface area contributed by atoms with Crippen LogP contribution in [-0.2, 0) is 0 Å². The highest BCUT2D eigenvalue weighted by atomic mass is 35.5. The molecule has 4 aliphatic rings. The number of piperidine rings is 3. The molecule has 3 nitrogen and oxygen atoms in total. The van der Waals surface area contributed by atoms with E-state index >= 15 is 0 Å². The molecule has 1 aromatic rings. The molecule has 1 aliphatic carbocycles. The number of nitrogens with zero attached hydrogens (tertiary/aromatic N) is 2. The molecule has 3 heterocycles. The van der Waals surface area contributed by atoms with E-state index in [9.17, 15) is 4.39 Å². The lowest BCUT2D eigenvalue weighted by molar-refractivity contribution is 0.0132. The summed E-state index contributed by atoms with van der Waals surface area (Å²) in [6.45, 7) is 3.43. The van der Waals surface area contributed by atoms with E-state index < -0.39 is 5.82 Å². The van der Waals surface area contributed by atoms with Crippen molar-refractivity contribution in [3.63, 3.8) is 0 Å². The topological polar surface area (TPSA) is 18.5 Å². The van der Waals surface area contributed by atoms with Crippen LogP contribution in [0.4, 0.5) is 10.1 Å². The van der Waals surface area contributed by atoms with Gasteiger partial charge in [0.1, 0.15) is 5.82 Å². The lowest BCUT2D eigenvalue weighted by atomic mass is 9.68. The smallest absolute Gasteiger partial charge is 0.173 e. The summed E-state index contributed by atoms with van der Waals surface area (Å²) in [4.78, 5) is 5.13. The highest BCUT2D eigenvalue weighted by molar-refractivity contribution is 7.80. The molecule has 0 spiro atoms. The van der Waals surface area contributed by atoms with Crippen LogP contribution in [0, 0.1) is 17.7 Å². The third-order valence-corrected chi connectivity index (χ3v) is 7.72. The van der Waals surface area contributed by atoms with Crippen LogP contribution in [0.15, 0.2) is 29.8 Å². The van der Waals surface area contributed by atoms with E-state index in [0.29, 0.717) is 12.0 Å². The Kier molecular flexibility index (Phi) is 5.10. The van der Waals surface area contributed by atoms with Crippen molar-refractivity contribution in [2.45, 2.75) is 50.6 Å². The SMILES string of the molecule is Fc1ccc(NC(=S)N2CCCC3=CC4CC(CN5CCCCC45)C32)cc1Cl. The first-order chi connectivity index (χ1) is 13.6. The van der Waals surface area contributed by atoms with Gasteiger partial charge in [-0.1, -0.05) is 29.7 Å². The molecule has 4 unspecified atom stereocenters. The van der Waals surface area contributed by atoms with Crippen molar-refractivity contribution in [3.8, 4) is 0 Å². The lowest BCUT2D eigenvalue weighted by Crippen LogP contribution is -2.60. The fourth-order valence-corrected chi connectivity index (χ4v) is 6.47. The summed E-state index contributed by atoms with van der Waals surface area (Å²) < 4.78 is 13.5. The fourth-order valence-electron chi connectivity index (χ4n) is 5.97. The normalized spacial score (nSPS) is 32.2. The number of halogens is 2. The Labute approximate surface area is 176 Å². The molecule has 3 fully saturated rings. The molecule has 4 atom stereocenters. The molecule has 1 aromatic carbocycles. The van der Waals surface area contributed by atoms with Gasteiger partial charge < -0.3 is 10.2 Å². The van der Waals surface area contributed by atoms with Crippen LogP contribution in [-0.4, -0.2) is 46.6 Å². The number of likely N-dealkylation sites (tertiary alicyclic amines) is 1. The van der Waals surface area contributed by atoms with E-state index in [0.717, 1.165) is 35.7 Å². The zero-order valence-electron chi connectivity index (χ0n) is 16.0. The minimum Gasteiger partial charge on any atom is -0.342 e. The molecule has 3 saturated heterocycles. The number of benzene rings is 1. The molecule has 150 valence electrons. The number of hydrogen-bond donors (Lipinski definition) is 1. The van der Waals surface area contributed by atoms with E-state index in [1.807, 2.05) is 0 Å². The summed E-state index contributed by atoms with van der Waals surface area (Å²) in [5.41, 5.74) is 2.35. The zero-order chi connectivity index (χ0) is 19.3. The highest BCUT2D eigenvalue weighted by Crippen LogP contribution is 2.45. The van der Waals surface area contributed by atoms with Gasteiger partial charge in [-0.25, -0.2) is 4.39 Å². The number of fused-ring (bicyclic) bond motifs is 6. The second-order valence-electron chi connectivity index (χ2n) is 8.76. The van der Waals surface area contributed by atoms with E-state index in [4.69, 9.17) is 23.8 Å². The molecule has 6 heteroatoms. The Bertz CT molecular complexity index is 813. The van der Waals surface area contributed by atoms with E-state index in [1.54, 1.807) is 17.7 Å². The maximum Gasteiger partial charge on any atom is 0.173 e. The van der Waals surface area contributed by atoms with Crippen molar-refractivity contribution >= 4 is 34.6 Å². The number of anilines is 1. The molecule has 1 N–H and O–H groups in total. The highest BCUT2D eigenvalue weighted by Gasteiger charge is 2.46. The summed E-state index contributed by atoms with van der Waals surface area (Å²) >= 11 is 11.7. The third kappa shape index (κ3) is 3.35. The summed E-state index contributed by atoms with van der Waals surface area (Å²) in [5.74, 6) is 0.969. The first-order valence-corrected chi connectivity index (χ1v) is 11.4. The average Bonchev–Trinajstić information content (AvgIpc) is 2.70. The Morgan fingerprint density at radius 2 is 2.11 bits per heavy atom. The predicted octanol–water partition coefficient (Wildman–Crippen LogP) is 5.07. The van der Waals surface area contributed by atoms with Gasteiger partial charge in [0.15, 0.2) is 5.11 Å². The third-order valence-electron chi connectivity index (χ3n) is 7.09. The van der Waals surface area contributed by atoms with E-state index in [1.165, 1.54) is 51.3 Å². The van der Waals surface area contributed by atoms with Crippen LogP contribution < -0.4 is 5.32 Å². The maximum atomic E-state index is 13.5. The molecular weight excluding hydrogens is 393 g/mol. The molecular formula is C22H27ClFN3S. The van der Waals surface area contributed by atoms with Gasteiger partial charge in [0.05, 0.1) is 11.1 Å². The van der Waals surface area contributed by atoms with Crippen LogP contribution in [0.5, 0.6) is 0 Å². The summed E-state index contributed by atoms with van der Waals surface area (Å²) in [5, 5.41) is 4.16. The molecule has 0 amide bonds. The standard InChI is InChI=1S/C22H27ClFN3S/c23-18-12-17(6-7-19(18)24)25-22(28)27-9-3-4-14-10-15-11-16(21(14)27)13-26-8-2-1-5-20(15)26/h6-7,10,12,15-16,20-21H,1-5,8-9,11,13H2,(H,25,28). The van der Waals surface area contributed by atoms with Crippen molar-refractivity contribution in [1.29, 1.82) is 0 Å². The van der Waals surface area contributed by atoms with Gasteiger partial charge in [0.25, 0.3) is 0 Å². The molecule has 28 heavy (non-hydrogen) atoms. The average molecular weight is 420 g/mol. The molecule has 2 bridgehead atoms. The van der Waals surface area contributed by atoms with E-state index in [-0.39, 0.29) is 5.02 Å². The van der Waals surface area contributed by atoms with Crippen LogP contribution in [0.1, 0.15) is 38.5 Å². The van der Waals surface area contributed by atoms with Crippen LogP contribution in [0.25, 0.3) is 0 Å². The van der Waals surface area contributed by atoms with Crippen LogP contribution >= 0.6 is 23.8 Å². The molecule has 0 saturated carbocycles. The number of nitrogens with one attached hydrogen (secondary N) is 1. The van der Waals surface area contributed by atoms with Gasteiger partial charge in [0.2, 0.25) is 0 Å². The largest absolute Gasteiger partial charge is 0.342 e. The van der Waals surface area contributed by atoms with Gasteiger partial charge in [-0.3, -0.25) is 4.90 Å². The van der Waals surface area contributed by atoms with Crippen LogP contribution in [0.3, 0.4) is 0 Å². The van der Waals surface area contributed by atoms with Crippen LogP contribution in [0.2, 0.25) is 5.02 Å². The number of rotatable bonds is 1. The summed E-state index contributed by atoms with van der Waals surface area (Å²) in [6.07, 6.45) is 10.3. The number of thiocarbonyl (C=S) groups is 1. The van der Waals surface area contributed by atoms with Gasteiger partial charge >= 0.3 is 0 Å². The Balaban J connectivity index is 1.38. The Morgan fingerprint density at radius 3 is 2.96 bits per heavy atom. The molecule has 3 aliphatic heterocycles. The van der Waals surface area contributed by atoms with Gasteiger partial charge in [-0.15, -0.1) is 0 Å². The van der Waals surface area contributed by atoms with Crippen molar-refractivity contribution in [2.75, 3.05) is 25.0 Å². The van der Waals surface area contributed by atoms with Gasteiger partial charge in [0, 0.05) is 24.8 Å². The monoisotopic (exact) mass is 419 g/mol. The second kappa shape index (κ2) is 7.58. The van der Waals surface area contributed by atoms with Gasteiger partial charge in [-0.05, 0) is 80.9 Å². The van der Waals surface area contributed by atoms with Gasteiger partial charge in [-0.2, -0.15) is 0 Å². The zero-order valence-corrected chi connectivity index (χ0v) is 17.6. The number of hydrogen-bond acceptors (Lipinski definition) is 2. The maximum absolute atomic E-state index is 13.5. The minimum atomic E-state index is -0.405. The predicted molar refractivity (Wildman–Crippen MR) is 116 cm³/mol. The molecule has 0 aromatic heterocycles. The molecule has 5 rings (SSSR count). The minimum absolute atomic E-state index is 0.121. The quantitative estimate of drug-likeness (QED) is 0.505. The second-order valence-corrected chi connectivity index (χ2v) is 9.55.